The van der Waals surface area contributed by atoms with Gasteiger partial charge in [0.1, 0.15) is 70.5 Å². The summed E-state index contributed by atoms with van der Waals surface area (Å²) in [4.78, 5) is 0. The molecule has 0 bridgehead atoms. The van der Waals surface area contributed by atoms with Gasteiger partial charge in [-0.2, -0.15) is 45.7 Å². The second-order valence-corrected chi connectivity index (χ2v) is 28.9. The summed E-state index contributed by atoms with van der Waals surface area (Å²) in [5.74, 6) is 0. The van der Waals surface area contributed by atoms with E-state index < -0.39 is 0 Å². The predicted octanol–water partition coefficient (Wildman–Crippen LogP) is 16.1. The van der Waals surface area contributed by atoms with Gasteiger partial charge in [0.05, 0.1) is 0 Å². The van der Waals surface area contributed by atoms with Crippen molar-refractivity contribution in [2.45, 2.75) is 62.3 Å². The fourth-order valence-corrected chi connectivity index (χ4v) is 14.5. The highest BCUT2D eigenvalue weighted by atomic mass is 15.0. The second-order valence-electron chi connectivity index (χ2n) is 28.9. The van der Waals surface area contributed by atoms with Crippen LogP contribution in [0.3, 0.4) is 0 Å². The quantitative estimate of drug-likeness (QED) is 0.122. The molecule has 10 aromatic heterocycles. The third-order valence-corrected chi connectivity index (χ3v) is 20.8. The maximum atomic E-state index is 2.28. The lowest BCUT2D eigenvalue weighted by Crippen LogP contribution is -2.40. The summed E-state index contributed by atoms with van der Waals surface area (Å²) in [6.07, 6.45) is 10.5. The number of pyridine rings is 10. The molecule has 0 N–H and O–H groups in total. The van der Waals surface area contributed by atoms with Gasteiger partial charge in [-0.05, 0) is 180 Å². The summed E-state index contributed by atoms with van der Waals surface area (Å²) < 4.78 is 22.2. The van der Waals surface area contributed by atoms with Gasteiger partial charge in [0, 0.05) is 149 Å². The van der Waals surface area contributed by atoms with E-state index in [4.69, 9.17) is 0 Å². The zero-order chi connectivity index (χ0) is 77.6. The predicted molar refractivity (Wildman–Crippen MR) is 441 cm³/mol. The van der Waals surface area contributed by atoms with Crippen LogP contribution in [-0.2, 0) is 70.5 Å². The van der Waals surface area contributed by atoms with Gasteiger partial charge in [-0.15, -0.1) is 0 Å². The van der Waals surface area contributed by atoms with E-state index in [9.17, 15) is 0 Å². The van der Waals surface area contributed by atoms with Gasteiger partial charge in [-0.25, -0.2) is 0 Å². The van der Waals surface area contributed by atoms with Crippen LogP contribution in [0.4, 0.5) is 0 Å². The average Bonchev–Trinajstić information content (AvgIpc) is 0.811. The van der Waals surface area contributed by atoms with E-state index in [0.717, 1.165) is 0 Å². The molecule has 0 spiro atoms. The van der Waals surface area contributed by atoms with Gasteiger partial charge < -0.3 is 0 Å². The first-order valence-corrected chi connectivity index (χ1v) is 37.6. The Bertz CT molecular complexity index is 5430. The molecule has 0 saturated carbocycles. The highest BCUT2D eigenvalue weighted by Crippen LogP contribution is 2.29. The first-order valence-electron chi connectivity index (χ1n) is 37.6. The van der Waals surface area contributed by atoms with E-state index >= 15 is 0 Å². The Kier molecular flexibility index (Phi) is 25.2. The van der Waals surface area contributed by atoms with Gasteiger partial charge in [0.25, 0.3) is 56.9 Å². The Morgan fingerprint density at radius 2 is 0.404 bits per heavy atom. The molecule has 0 aliphatic heterocycles. The van der Waals surface area contributed by atoms with Gasteiger partial charge >= 0.3 is 0 Å². The first-order chi connectivity index (χ1) is 52.5. The summed E-state index contributed by atoms with van der Waals surface area (Å²) in [7, 11) is 21.1. The fourth-order valence-electron chi connectivity index (χ4n) is 14.5. The van der Waals surface area contributed by atoms with Crippen molar-refractivity contribution < 1.29 is 45.7 Å². The maximum absolute atomic E-state index is 2.28. The third-order valence-electron chi connectivity index (χ3n) is 20.8. The molecule has 15 rings (SSSR count). The molecule has 0 fully saturated rings. The summed E-state index contributed by atoms with van der Waals surface area (Å²) in [6, 6.07) is 98.8. The van der Waals surface area contributed by atoms with Gasteiger partial charge in [0.2, 0.25) is 28.5 Å². The second kappa shape index (κ2) is 35.3. The normalized spacial score (nSPS) is 10.7. The molecule has 5 aromatic carbocycles. The smallest absolute Gasteiger partial charge is 0.196 e. The largest absolute Gasteiger partial charge is 0.277 e. The van der Waals surface area contributed by atoms with Crippen molar-refractivity contribution in [1.82, 2.24) is 0 Å². The number of hydrogen-bond acceptors (Lipinski definition) is 0. The van der Waals surface area contributed by atoms with Crippen molar-refractivity contribution in [1.29, 1.82) is 0 Å². The van der Waals surface area contributed by atoms with E-state index in [-0.39, 0.29) is 0 Å². The number of benzene rings is 5. The lowest BCUT2D eigenvalue weighted by atomic mass is 10.0. The molecule has 10 nitrogen and oxygen atoms in total. The van der Waals surface area contributed by atoms with Crippen LogP contribution in [0.1, 0.15) is 50.1 Å². The SMILES string of the molecule is Cc1cc(-c2ccccc2C)[n+](C)c(-c2cccc[n+]2C)c1.Cc1cc(-c2ccccc2C)[n+](C)c(-c2cccc[n+]2C)c1.Cc1cc[n+](C)c(-c2cccc(-c3ccccc3C)[n+]2C)c1.Cc1ccc(-c2cccc(-c3ccccc3C)[n+]2C)[n+](C)c1.Cc1ccccc1-c1cccc(-c2cccc[n+]2C)[n+]1C. The monoisotopic (exact) mass is 1440 g/mol. The van der Waals surface area contributed by atoms with Crippen molar-refractivity contribution >= 4 is 0 Å². The molecule has 544 valence electrons. The number of aryl methyl sites for hydroxylation is 14. The van der Waals surface area contributed by atoms with Crippen LogP contribution < -0.4 is 45.7 Å². The Morgan fingerprint density at radius 3 is 0.734 bits per heavy atom. The highest BCUT2D eigenvalue weighted by molar-refractivity contribution is 5.67. The highest BCUT2D eigenvalue weighted by Gasteiger charge is 2.29. The zero-order valence-electron chi connectivity index (χ0n) is 67.4. The Labute approximate surface area is 647 Å². The van der Waals surface area contributed by atoms with Crippen LogP contribution in [0, 0.1) is 62.3 Å². The Hall–Kier alpha value is -12.4. The minimum Gasteiger partial charge on any atom is -0.196 e. The van der Waals surface area contributed by atoms with Crippen LogP contribution in [-0.4, -0.2) is 0 Å². The average molecular weight is 1440 g/mol. The van der Waals surface area contributed by atoms with E-state index in [2.05, 4.69) is 488 Å². The van der Waals surface area contributed by atoms with Crippen LogP contribution in [0.5, 0.6) is 0 Å². The number of aromatic nitrogens is 10. The minimum absolute atomic E-state index is 1.20. The Balaban J connectivity index is 0.000000135. The summed E-state index contributed by atoms with van der Waals surface area (Å²) in [6.45, 7) is 19.4. The zero-order valence-corrected chi connectivity index (χ0v) is 67.4. The number of nitrogens with zero attached hydrogens (tertiary/aromatic N) is 10. The first kappa shape index (κ1) is 77.7. The summed E-state index contributed by atoms with van der Waals surface area (Å²) in [5, 5.41) is 0. The maximum Gasteiger partial charge on any atom is 0.277 e. The van der Waals surface area contributed by atoms with Crippen molar-refractivity contribution in [2.24, 2.45) is 70.5 Å². The molecule has 0 amide bonds. The summed E-state index contributed by atoms with van der Waals surface area (Å²) in [5.41, 5.74) is 36.3. The Morgan fingerprint density at radius 1 is 0.156 bits per heavy atom. The molecule has 0 aliphatic rings. The van der Waals surface area contributed by atoms with Gasteiger partial charge in [-0.1, -0.05) is 91.0 Å². The van der Waals surface area contributed by atoms with Crippen LogP contribution >= 0.6 is 0 Å². The topological polar surface area (TPSA) is 38.8 Å². The standard InChI is InChI=1S/4C20H22N2.C19H20N2/c2*1-15-13-19(17-10-6-5-9-16(17)2)22(4)20(14-15)18-11-7-8-12-21(18)3;1-15-12-13-19(21(3)14-15)20-11-7-10-18(22(20)4)17-9-6-5-8-16(17)2;1-15-12-13-21(3)20(14-15)19-11-7-10-18(22(19)4)17-9-6-5-8-16(17)2;1-15-9-4-5-10-16(15)17-12-8-13-19(21(17)3)18-11-6-7-14-20(18)2/h4*5-14H,1-4H3;4-14H,1-3H3/q5*+2. The van der Waals surface area contributed by atoms with Crippen LogP contribution in [0.25, 0.3) is 113 Å². The van der Waals surface area contributed by atoms with Crippen molar-refractivity contribution in [3.05, 3.63) is 360 Å². The van der Waals surface area contributed by atoms with E-state index in [1.165, 1.54) is 163 Å². The summed E-state index contributed by atoms with van der Waals surface area (Å²) >= 11 is 0. The molecule has 10 heterocycles. The van der Waals surface area contributed by atoms with Crippen LogP contribution in [0.2, 0.25) is 0 Å². The fraction of sp³-hybridized carbons (Fsp3) is 0.192. The molecule has 0 radical (unpaired) electrons. The lowest BCUT2D eigenvalue weighted by molar-refractivity contribution is -0.685. The van der Waals surface area contributed by atoms with Crippen molar-refractivity contribution in [3.63, 3.8) is 0 Å². The molecule has 109 heavy (non-hydrogen) atoms. The lowest BCUT2D eigenvalue weighted by Gasteiger charge is -2.08. The minimum atomic E-state index is 1.20. The van der Waals surface area contributed by atoms with Gasteiger partial charge in [0.15, 0.2) is 31.0 Å². The van der Waals surface area contributed by atoms with Crippen molar-refractivity contribution in [3.8, 4) is 113 Å². The molecule has 10 heteroatoms. The molecular weight excluding hydrogens is 1330 g/mol. The van der Waals surface area contributed by atoms with E-state index in [1.54, 1.807) is 0 Å². The molecular formula is C99H108N10+10. The van der Waals surface area contributed by atoms with Crippen LogP contribution in [0.15, 0.2) is 310 Å². The molecule has 0 atom stereocenters. The number of hydrogen-bond donors (Lipinski definition) is 0. The van der Waals surface area contributed by atoms with Crippen molar-refractivity contribution in [2.75, 3.05) is 0 Å². The molecule has 0 aliphatic carbocycles. The third kappa shape index (κ3) is 18.0. The number of rotatable bonds is 10. The molecule has 0 unspecified atom stereocenters. The molecule has 0 saturated heterocycles. The van der Waals surface area contributed by atoms with Gasteiger partial charge in [-0.3, -0.25) is 0 Å². The van der Waals surface area contributed by atoms with E-state index in [1.807, 2.05) is 0 Å². The molecule has 15 aromatic rings. The van der Waals surface area contributed by atoms with E-state index in [0.29, 0.717) is 0 Å².